The molecule has 0 aliphatic carbocycles. The lowest BCUT2D eigenvalue weighted by molar-refractivity contribution is 0.0697. The molecule has 0 aliphatic heterocycles. The maximum atomic E-state index is 10.8. The molecule has 114 valence electrons. The number of benzene rings is 1. The van der Waals surface area contributed by atoms with Crippen molar-refractivity contribution >= 4 is 17.3 Å². The van der Waals surface area contributed by atoms with Crippen LogP contribution >= 0.6 is 0 Å². The molecule has 0 atom stereocenters. The number of anilines is 2. The van der Waals surface area contributed by atoms with Gasteiger partial charge in [-0.15, -0.1) is 0 Å². The Balaban J connectivity index is 0.00000172. The van der Waals surface area contributed by atoms with E-state index in [1.165, 1.54) is 17.1 Å². The Morgan fingerprint density at radius 2 is 2.05 bits per heavy atom. The number of hydrogen-bond donors (Lipinski definition) is 3. The predicted octanol–water partition coefficient (Wildman–Crippen LogP) is 2.10. The smallest absolute Gasteiger partial charge is 0.335 e. The van der Waals surface area contributed by atoms with Gasteiger partial charge < -0.3 is 20.6 Å². The fourth-order valence-electron chi connectivity index (χ4n) is 1.55. The van der Waals surface area contributed by atoms with Crippen LogP contribution in [0.5, 0.6) is 0 Å². The summed E-state index contributed by atoms with van der Waals surface area (Å²) in [7, 11) is 0. The van der Waals surface area contributed by atoms with Crippen molar-refractivity contribution in [1.82, 2.24) is 0 Å². The average molecular weight is 283 g/mol. The summed E-state index contributed by atoms with van der Waals surface area (Å²) in [5, 5.41) is 10.3. The van der Waals surface area contributed by atoms with Crippen molar-refractivity contribution < 1.29 is 14.6 Å². The third kappa shape index (κ3) is 5.90. The maximum Gasteiger partial charge on any atom is 0.335 e. The van der Waals surface area contributed by atoms with Crippen LogP contribution in [0.1, 0.15) is 37.6 Å². The van der Waals surface area contributed by atoms with Gasteiger partial charge in [0.25, 0.3) is 0 Å². The second-order valence-electron chi connectivity index (χ2n) is 3.82. The van der Waals surface area contributed by atoms with Gasteiger partial charge in [0.2, 0.25) is 0 Å². The molecule has 0 fully saturated rings. The zero-order chi connectivity index (χ0) is 15.5. The molecule has 0 bridgehead atoms. The summed E-state index contributed by atoms with van der Waals surface area (Å²) >= 11 is 0. The highest BCUT2D eigenvalue weighted by Crippen LogP contribution is 2.22. The number of nitrogens with zero attached hydrogens (tertiary/aromatic N) is 1. The van der Waals surface area contributed by atoms with Gasteiger partial charge in [0, 0.05) is 19.8 Å². The van der Waals surface area contributed by atoms with Crippen LogP contribution in [0.15, 0.2) is 18.2 Å². The summed E-state index contributed by atoms with van der Waals surface area (Å²) in [4.78, 5) is 10.8. The Labute approximate surface area is 120 Å². The zero-order valence-corrected chi connectivity index (χ0v) is 12.4. The highest BCUT2D eigenvalue weighted by atomic mass is 16.5. The summed E-state index contributed by atoms with van der Waals surface area (Å²) in [6.45, 7) is 7.84. The van der Waals surface area contributed by atoms with Crippen molar-refractivity contribution in [3.63, 3.8) is 0 Å². The van der Waals surface area contributed by atoms with E-state index < -0.39 is 5.97 Å². The van der Waals surface area contributed by atoms with E-state index in [0.29, 0.717) is 31.1 Å². The Kier molecular flexibility index (Phi) is 9.15. The van der Waals surface area contributed by atoms with Crippen LogP contribution in [-0.4, -0.2) is 30.8 Å². The molecule has 1 rings (SSSR count). The van der Waals surface area contributed by atoms with E-state index >= 15 is 0 Å². The Bertz CT molecular complexity index is 411. The second kappa shape index (κ2) is 10.1. The third-order valence-corrected chi connectivity index (χ3v) is 2.48. The van der Waals surface area contributed by atoms with Crippen LogP contribution in [0.3, 0.4) is 0 Å². The number of hydrogen-bond acceptors (Lipinski definition) is 5. The van der Waals surface area contributed by atoms with E-state index in [4.69, 9.17) is 21.4 Å². The van der Waals surface area contributed by atoms with Crippen LogP contribution in [0.25, 0.3) is 0 Å². The van der Waals surface area contributed by atoms with Crippen LogP contribution < -0.4 is 16.6 Å². The van der Waals surface area contributed by atoms with Gasteiger partial charge in [0.1, 0.15) is 0 Å². The normalized spacial score (nSPS) is 9.60. The highest BCUT2D eigenvalue weighted by Gasteiger charge is 2.09. The number of carbonyl (C=O) groups is 1. The molecule has 0 radical (unpaired) electrons. The maximum absolute atomic E-state index is 10.8. The molecule has 0 amide bonds. The van der Waals surface area contributed by atoms with Crippen LogP contribution in [0.2, 0.25) is 0 Å². The largest absolute Gasteiger partial charge is 0.478 e. The van der Waals surface area contributed by atoms with Gasteiger partial charge in [-0.3, -0.25) is 0 Å². The van der Waals surface area contributed by atoms with Gasteiger partial charge in [0.15, 0.2) is 0 Å². The summed E-state index contributed by atoms with van der Waals surface area (Å²) in [6.07, 6.45) is 0.782. The van der Waals surface area contributed by atoms with Crippen molar-refractivity contribution in [2.45, 2.75) is 27.2 Å². The molecule has 1 aromatic rings. The number of carboxylic acid groups (broad SMARTS) is 1. The topological polar surface area (TPSA) is 102 Å². The summed E-state index contributed by atoms with van der Waals surface area (Å²) in [5.41, 5.74) is 6.90. The predicted molar refractivity (Wildman–Crippen MR) is 81.8 cm³/mol. The monoisotopic (exact) mass is 283 g/mol. The fourth-order valence-corrected chi connectivity index (χ4v) is 1.55. The molecule has 6 heteroatoms. The fraction of sp³-hybridized carbons (Fsp3) is 0.500. The minimum Gasteiger partial charge on any atom is -0.478 e. The minimum atomic E-state index is -1.01. The molecule has 0 unspecified atom stereocenters. The first-order chi connectivity index (χ1) is 9.56. The van der Waals surface area contributed by atoms with Gasteiger partial charge >= 0.3 is 5.97 Å². The van der Waals surface area contributed by atoms with Gasteiger partial charge in [-0.25, -0.2) is 10.6 Å². The first-order valence-electron chi connectivity index (χ1n) is 6.79. The van der Waals surface area contributed by atoms with Gasteiger partial charge in [0.05, 0.1) is 16.9 Å². The Hall–Kier alpha value is -1.79. The lowest BCUT2D eigenvalue weighted by atomic mass is 10.1. The molecule has 0 aromatic heterocycles. The molecule has 5 N–H and O–H groups in total. The number of aromatic carboxylic acids is 1. The number of nitrogen functional groups attached to an aromatic ring is 1. The standard InChI is InChI=1S/C12H19N3O3.C2H6/c1-2-18-7-3-6-15(14)11-5-4-9(12(16)17)8-10(11)13;1-2/h4-5,8H,2-3,6-7,13-14H2,1H3,(H,16,17);1-2H3. The van der Waals surface area contributed by atoms with Crippen LogP contribution in [0.4, 0.5) is 11.4 Å². The molecule has 0 aliphatic rings. The first-order valence-corrected chi connectivity index (χ1v) is 6.79. The Morgan fingerprint density at radius 3 is 2.55 bits per heavy atom. The van der Waals surface area contributed by atoms with Gasteiger partial charge in [-0.2, -0.15) is 0 Å². The summed E-state index contributed by atoms with van der Waals surface area (Å²) < 4.78 is 5.21. The van der Waals surface area contributed by atoms with Crippen LogP contribution in [-0.2, 0) is 4.74 Å². The molecule has 0 saturated carbocycles. The van der Waals surface area contributed by atoms with Gasteiger partial charge in [-0.1, -0.05) is 13.8 Å². The molecule has 20 heavy (non-hydrogen) atoms. The highest BCUT2D eigenvalue weighted by molar-refractivity contribution is 5.90. The molecule has 0 saturated heterocycles. The third-order valence-electron chi connectivity index (χ3n) is 2.48. The van der Waals surface area contributed by atoms with E-state index in [9.17, 15) is 4.79 Å². The number of hydrazine groups is 1. The van der Waals surface area contributed by atoms with Crippen molar-refractivity contribution in [1.29, 1.82) is 0 Å². The SMILES string of the molecule is CC.CCOCCCN(N)c1ccc(C(=O)O)cc1N. The zero-order valence-electron chi connectivity index (χ0n) is 12.4. The molecule has 0 heterocycles. The quantitative estimate of drug-likeness (QED) is 0.306. The van der Waals surface area contributed by atoms with Gasteiger partial charge in [-0.05, 0) is 31.5 Å². The minimum absolute atomic E-state index is 0.152. The van der Waals surface area contributed by atoms with E-state index in [1.54, 1.807) is 6.07 Å². The molecule has 6 nitrogen and oxygen atoms in total. The second-order valence-corrected chi connectivity index (χ2v) is 3.82. The first kappa shape index (κ1) is 18.2. The number of rotatable bonds is 7. The number of nitrogens with two attached hydrogens (primary N) is 2. The molecular weight excluding hydrogens is 258 g/mol. The summed E-state index contributed by atoms with van der Waals surface area (Å²) in [5.74, 6) is 4.85. The average Bonchev–Trinajstić information content (AvgIpc) is 2.45. The van der Waals surface area contributed by atoms with Crippen molar-refractivity contribution in [2.75, 3.05) is 30.5 Å². The number of ether oxygens (including phenoxy) is 1. The molecule has 0 spiro atoms. The van der Waals surface area contributed by atoms with E-state index in [0.717, 1.165) is 6.42 Å². The van der Waals surface area contributed by atoms with Crippen molar-refractivity contribution in [2.24, 2.45) is 5.84 Å². The molecule has 1 aromatic carbocycles. The molecular formula is C14H25N3O3. The van der Waals surface area contributed by atoms with E-state index in [-0.39, 0.29) is 5.56 Å². The van der Waals surface area contributed by atoms with E-state index in [2.05, 4.69) is 0 Å². The van der Waals surface area contributed by atoms with E-state index in [1.807, 2.05) is 20.8 Å². The van der Waals surface area contributed by atoms with Crippen molar-refractivity contribution in [3.05, 3.63) is 23.8 Å². The number of carboxylic acids is 1. The van der Waals surface area contributed by atoms with Crippen molar-refractivity contribution in [3.8, 4) is 0 Å². The summed E-state index contributed by atoms with van der Waals surface area (Å²) in [6, 6.07) is 4.50. The van der Waals surface area contributed by atoms with Crippen LogP contribution in [0, 0.1) is 0 Å². The lowest BCUT2D eigenvalue weighted by Gasteiger charge is -2.20. The lowest BCUT2D eigenvalue weighted by Crippen LogP contribution is -2.33. The Morgan fingerprint density at radius 1 is 1.40 bits per heavy atom.